The molecule has 7 heteroatoms. The van der Waals surface area contributed by atoms with E-state index < -0.39 is 0 Å². The Labute approximate surface area is 148 Å². The van der Waals surface area contributed by atoms with Crippen molar-refractivity contribution in [1.29, 1.82) is 0 Å². The fraction of sp³-hybridized carbons (Fsp3) is 0.353. The van der Waals surface area contributed by atoms with E-state index in [9.17, 15) is 4.79 Å². The molecule has 0 aliphatic carbocycles. The van der Waals surface area contributed by atoms with Crippen molar-refractivity contribution in [3.8, 4) is 0 Å². The quantitative estimate of drug-likeness (QED) is 0.668. The van der Waals surface area contributed by atoms with Crippen molar-refractivity contribution in [3.05, 3.63) is 50.2 Å². The van der Waals surface area contributed by atoms with Gasteiger partial charge in [0.25, 0.3) is 5.56 Å². The van der Waals surface area contributed by atoms with Gasteiger partial charge in [-0.25, -0.2) is 9.97 Å². The average Bonchev–Trinajstić information content (AvgIpc) is 3.01. The minimum Gasteiger partial charge on any atom is -0.343 e. The highest BCUT2D eigenvalue weighted by atomic mass is 35.5. The predicted molar refractivity (Wildman–Crippen MR) is 98.3 cm³/mol. The number of hydrogen-bond acceptors (Lipinski definition) is 5. The van der Waals surface area contributed by atoms with E-state index in [0.29, 0.717) is 6.54 Å². The lowest BCUT2D eigenvalue weighted by atomic mass is 10.1. The summed E-state index contributed by atoms with van der Waals surface area (Å²) in [5, 5.41) is 1.67. The minimum atomic E-state index is 0.0440. The minimum absolute atomic E-state index is 0.0440. The molecule has 124 valence electrons. The monoisotopic (exact) mass is 360 g/mol. The first kappa shape index (κ1) is 15.6. The van der Waals surface area contributed by atoms with E-state index in [1.807, 2.05) is 26.0 Å². The van der Waals surface area contributed by atoms with E-state index in [-0.39, 0.29) is 5.56 Å². The largest absolute Gasteiger partial charge is 0.343 e. The van der Waals surface area contributed by atoms with Crippen molar-refractivity contribution >= 4 is 38.3 Å². The molecule has 0 unspecified atom stereocenters. The summed E-state index contributed by atoms with van der Waals surface area (Å²) in [6, 6.07) is 3.92. The van der Waals surface area contributed by atoms with Gasteiger partial charge in [-0.1, -0.05) is 22.9 Å². The predicted octanol–water partition coefficient (Wildman–Crippen LogP) is 3.22. The molecule has 0 fully saturated rings. The first-order valence-corrected chi connectivity index (χ1v) is 9.01. The number of rotatable bonds is 1. The van der Waals surface area contributed by atoms with Gasteiger partial charge in [0, 0.05) is 25.0 Å². The third-order valence-electron chi connectivity index (χ3n) is 4.67. The van der Waals surface area contributed by atoms with Gasteiger partial charge < -0.3 is 4.90 Å². The van der Waals surface area contributed by atoms with Crippen molar-refractivity contribution in [2.75, 3.05) is 11.4 Å². The normalized spacial score (nSPS) is 14.2. The van der Waals surface area contributed by atoms with Crippen LogP contribution in [-0.2, 0) is 20.0 Å². The van der Waals surface area contributed by atoms with Crippen molar-refractivity contribution in [1.82, 2.24) is 14.5 Å². The zero-order valence-electron chi connectivity index (χ0n) is 13.8. The zero-order chi connectivity index (χ0) is 17.0. The molecule has 4 rings (SSSR count). The van der Waals surface area contributed by atoms with Crippen LogP contribution in [0, 0.1) is 13.8 Å². The van der Waals surface area contributed by atoms with Gasteiger partial charge in [0.15, 0.2) is 5.13 Å². The number of nitrogens with zero attached hydrogens (tertiary/aromatic N) is 4. The van der Waals surface area contributed by atoms with E-state index in [0.717, 1.165) is 56.0 Å². The van der Waals surface area contributed by atoms with Crippen LogP contribution in [0.4, 0.5) is 5.13 Å². The summed E-state index contributed by atoms with van der Waals surface area (Å²) >= 11 is 7.84. The average molecular weight is 361 g/mol. The van der Waals surface area contributed by atoms with Crippen LogP contribution >= 0.6 is 22.9 Å². The highest BCUT2D eigenvalue weighted by molar-refractivity contribution is 7.22. The van der Waals surface area contributed by atoms with E-state index in [1.54, 1.807) is 23.0 Å². The third-order valence-corrected chi connectivity index (χ3v) is 6.16. The summed E-state index contributed by atoms with van der Waals surface area (Å²) < 4.78 is 2.73. The van der Waals surface area contributed by atoms with Crippen LogP contribution in [0.25, 0.3) is 10.2 Å². The molecule has 1 aliphatic rings. The molecule has 0 radical (unpaired) electrons. The van der Waals surface area contributed by atoms with Crippen molar-refractivity contribution in [2.24, 2.45) is 7.05 Å². The molecule has 1 aliphatic heterocycles. The number of aromatic nitrogens is 3. The number of halogens is 1. The Balaban J connectivity index is 1.76. The second-order valence-electron chi connectivity index (χ2n) is 6.14. The lowest BCUT2D eigenvalue weighted by Gasteiger charge is -2.27. The summed E-state index contributed by atoms with van der Waals surface area (Å²) in [6.45, 7) is 5.23. The maximum absolute atomic E-state index is 12.5. The van der Waals surface area contributed by atoms with Gasteiger partial charge >= 0.3 is 0 Å². The Morgan fingerprint density at radius 3 is 2.83 bits per heavy atom. The van der Waals surface area contributed by atoms with Crippen molar-refractivity contribution < 1.29 is 0 Å². The molecule has 0 N–H and O–H groups in total. The fourth-order valence-corrected chi connectivity index (χ4v) is 4.28. The summed E-state index contributed by atoms with van der Waals surface area (Å²) in [6.07, 6.45) is 0.766. The Morgan fingerprint density at radius 1 is 1.25 bits per heavy atom. The molecule has 5 nitrogen and oxygen atoms in total. The Hall–Kier alpha value is -1.92. The number of fused-ring (bicyclic) bond motifs is 2. The van der Waals surface area contributed by atoms with Crippen LogP contribution in [-0.4, -0.2) is 21.1 Å². The molecule has 0 spiro atoms. The smallest absolute Gasteiger partial charge is 0.258 e. The van der Waals surface area contributed by atoms with Crippen LogP contribution in [0.3, 0.4) is 0 Å². The van der Waals surface area contributed by atoms with Gasteiger partial charge in [0.2, 0.25) is 0 Å². The highest BCUT2D eigenvalue weighted by Crippen LogP contribution is 2.34. The maximum atomic E-state index is 12.5. The number of aryl methyl sites for hydroxylation is 2. The van der Waals surface area contributed by atoms with Crippen molar-refractivity contribution in [3.63, 3.8) is 0 Å². The molecule has 0 saturated carbocycles. The second kappa shape index (κ2) is 5.57. The SMILES string of the molecule is Cc1c(Cl)ccc2sc(N3CCc4nc(C)n(C)c(=O)c4C3)nc12. The molecule has 0 amide bonds. The Bertz CT molecular complexity index is 1020. The van der Waals surface area contributed by atoms with Crippen LogP contribution in [0.1, 0.15) is 22.6 Å². The summed E-state index contributed by atoms with van der Waals surface area (Å²) in [5.74, 6) is 0.762. The zero-order valence-corrected chi connectivity index (χ0v) is 15.3. The van der Waals surface area contributed by atoms with E-state index >= 15 is 0 Å². The lowest BCUT2D eigenvalue weighted by molar-refractivity contribution is 0.654. The molecule has 24 heavy (non-hydrogen) atoms. The summed E-state index contributed by atoms with van der Waals surface area (Å²) in [5.41, 5.74) is 3.70. The summed E-state index contributed by atoms with van der Waals surface area (Å²) in [7, 11) is 1.77. The molecule has 0 saturated heterocycles. The Kier molecular flexibility index (Phi) is 3.62. The number of benzene rings is 1. The van der Waals surface area contributed by atoms with Gasteiger partial charge in [0.05, 0.1) is 28.0 Å². The van der Waals surface area contributed by atoms with Gasteiger partial charge in [-0.3, -0.25) is 9.36 Å². The number of thiazole rings is 1. The molecule has 0 bridgehead atoms. The highest BCUT2D eigenvalue weighted by Gasteiger charge is 2.24. The molecular formula is C17H17ClN4OS. The first-order valence-electron chi connectivity index (χ1n) is 7.81. The second-order valence-corrected chi connectivity index (χ2v) is 7.55. The molecular weight excluding hydrogens is 344 g/mol. The summed E-state index contributed by atoms with van der Waals surface area (Å²) in [4.78, 5) is 24.1. The fourth-order valence-electron chi connectivity index (χ4n) is 3.07. The lowest BCUT2D eigenvalue weighted by Crippen LogP contribution is -2.38. The first-order chi connectivity index (χ1) is 11.5. The van der Waals surface area contributed by atoms with Crippen LogP contribution < -0.4 is 10.5 Å². The van der Waals surface area contributed by atoms with Crippen LogP contribution in [0.5, 0.6) is 0 Å². The van der Waals surface area contributed by atoms with E-state index in [4.69, 9.17) is 16.6 Å². The molecule has 3 aromatic rings. The molecule has 1 aromatic carbocycles. The van der Waals surface area contributed by atoms with Gasteiger partial charge in [-0.15, -0.1) is 0 Å². The maximum Gasteiger partial charge on any atom is 0.258 e. The molecule has 0 atom stereocenters. The van der Waals surface area contributed by atoms with Crippen molar-refractivity contribution in [2.45, 2.75) is 26.8 Å². The standard InChI is InChI=1S/C17H17ClN4OS/c1-9-12(18)4-5-14-15(9)20-17(24-14)22-7-6-13-11(8-22)16(23)21(3)10(2)19-13/h4-5H,6-8H2,1-3H3. The van der Waals surface area contributed by atoms with Crippen LogP contribution in [0.2, 0.25) is 5.02 Å². The molecule has 3 heterocycles. The van der Waals surface area contributed by atoms with Crippen LogP contribution in [0.15, 0.2) is 16.9 Å². The van der Waals surface area contributed by atoms with Gasteiger partial charge in [-0.2, -0.15) is 0 Å². The molecule has 2 aromatic heterocycles. The third kappa shape index (κ3) is 2.32. The number of hydrogen-bond donors (Lipinski definition) is 0. The van der Waals surface area contributed by atoms with Gasteiger partial charge in [-0.05, 0) is 31.5 Å². The Morgan fingerprint density at radius 2 is 2.04 bits per heavy atom. The topological polar surface area (TPSA) is 51.0 Å². The van der Waals surface area contributed by atoms with E-state index in [1.165, 1.54) is 0 Å². The van der Waals surface area contributed by atoms with E-state index in [2.05, 4.69) is 9.88 Å². The number of anilines is 1. The van der Waals surface area contributed by atoms with Gasteiger partial charge in [0.1, 0.15) is 5.82 Å².